The Labute approximate surface area is 86.0 Å². The third-order valence-corrected chi connectivity index (χ3v) is 2.41. The van der Waals surface area contributed by atoms with Crippen molar-refractivity contribution in [3.63, 3.8) is 0 Å². The number of aromatic amines is 1. The third kappa shape index (κ3) is 1.29. The zero-order chi connectivity index (χ0) is 10.3. The second-order valence-electron chi connectivity index (χ2n) is 3.43. The summed E-state index contributed by atoms with van der Waals surface area (Å²) < 4.78 is 5.30. The molecule has 2 N–H and O–H groups in total. The minimum Gasteiger partial charge on any atom is -0.495 e. The number of nitrogens with one attached hydrogen (secondary N) is 1. The molecule has 74 valence electrons. The van der Waals surface area contributed by atoms with Crippen molar-refractivity contribution in [2.75, 3.05) is 0 Å². The fourth-order valence-electron chi connectivity index (χ4n) is 1.71. The van der Waals surface area contributed by atoms with Crippen LogP contribution in [0.15, 0.2) is 47.1 Å². The van der Waals surface area contributed by atoms with Crippen LogP contribution in [0.1, 0.15) is 0 Å². The first-order valence-corrected chi connectivity index (χ1v) is 4.68. The van der Waals surface area contributed by atoms with Crippen molar-refractivity contribution in [2.24, 2.45) is 0 Å². The van der Waals surface area contributed by atoms with Gasteiger partial charge in [-0.15, -0.1) is 0 Å². The summed E-state index contributed by atoms with van der Waals surface area (Å²) in [5.74, 6) is 1.01. The molecular formula is C12H9NO2. The Balaban J connectivity index is 2.21. The van der Waals surface area contributed by atoms with Crippen molar-refractivity contribution >= 4 is 10.9 Å². The van der Waals surface area contributed by atoms with Crippen LogP contribution >= 0.6 is 0 Å². The van der Waals surface area contributed by atoms with Gasteiger partial charge in [-0.2, -0.15) is 0 Å². The monoisotopic (exact) mass is 199 g/mol. The van der Waals surface area contributed by atoms with Crippen LogP contribution in [0.3, 0.4) is 0 Å². The van der Waals surface area contributed by atoms with Crippen molar-refractivity contribution in [1.82, 2.24) is 4.98 Å². The van der Waals surface area contributed by atoms with E-state index in [-0.39, 0.29) is 5.88 Å². The highest BCUT2D eigenvalue weighted by atomic mass is 16.3. The molecule has 0 saturated heterocycles. The van der Waals surface area contributed by atoms with Gasteiger partial charge in [0.25, 0.3) is 0 Å². The topological polar surface area (TPSA) is 49.2 Å². The van der Waals surface area contributed by atoms with Crippen LogP contribution in [-0.4, -0.2) is 10.1 Å². The molecule has 0 aliphatic rings. The van der Waals surface area contributed by atoms with E-state index in [4.69, 9.17) is 4.42 Å². The molecule has 1 aromatic carbocycles. The number of rotatable bonds is 1. The summed E-state index contributed by atoms with van der Waals surface area (Å²) >= 11 is 0. The van der Waals surface area contributed by atoms with Crippen LogP contribution in [0.25, 0.3) is 22.2 Å². The zero-order valence-corrected chi connectivity index (χ0v) is 7.90. The van der Waals surface area contributed by atoms with E-state index in [0.717, 1.165) is 22.2 Å². The molecule has 0 saturated carbocycles. The van der Waals surface area contributed by atoms with E-state index in [1.807, 2.05) is 30.3 Å². The lowest BCUT2D eigenvalue weighted by Crippen LogP contribution is -1.73. The Kier molecular flexibility index (Phi) is 1.59. The van der Waals surface area contributed by atoms with Crippen molar-refractivity contribution in [3.8, 4) is 17.2 Å². The van der Waals surface area contributed by atoms with Crippen LogP contribution < -0.4 is 0 Å². The van der Waals surface area contributed by atoms with Gasteiger partial charge >= 0.3 is 0 Å². The molecule has 0 unspecified atom stereocenters. The molecule has 2 aromatic heterocycles. The predicted octanol–water partition coefficient (Wildman–Crippen LogP) is 3.13. The Hall–Kier alpha value is -2.16. The maximum Gasteiger partial charge on any atom is 0.189 e. The molecule has 3 aromatic rings. The minimum absolute atomic E-state index is 0.182. The van der Waals surface area contributed by atoms with Gasteiger partial charge in [-0.05, 0) is 18.2 Å². The standard InChI is InChI=1S/C12H9NO2/c14-12-7-8-3-4-9(6-10(8)13-12)11-2-1-5-15-11/h1-7,13-14H. The van der Waals surface area contributed by atoms with Gasteiger partial charge in [-0.25, -0.2) is 0 Å². The summed E-state index contributed by atoms with van der Waals surface area (Å²) in [6.45, 7) is 0. The first kappa shape index (κ1) is 8.17. The first-order chi connectivity index (χ1) is 7.33. The molecular weight excluding hydrogens is 190 g/mol. The number of furan rings is 1. The quantitative estimate of drug-likeness (QED) is 0.632. The Morgan fingerprint density at radius 3 is 2.87 bits per heavy atom. The Morgan fingerprint density at radius 1 is 1.13 bits per heavy atom. The van der Waals surface area contributed by atoms with Crippen molar-refractivity contribution in [3.05, 3.63) is 42.7 Å². The summed E-state index contributed by atoms with van der Waals surface area (Å²) in [6.07, 6.45) is 1.64. The molecule has 0 aliphatic heterocycles. The molecule has 0 radical (unpaired) electrons. The van der Waals surface area contributed by atoms with Crippen LogP contribution in [0.4, 0.5) is 0 Å². The van der Waals surface area contributed by atoms with Gasteiger partial charge in [0, 0.05) is 22.5 Å². The normalized spacial score (nSPS) is 10.9. The van der Waals surface area contributed by atoms with E-state index in [1.165, 1.54) is 0 Å². The largest absolute Gasteiger partial charge is 0.495 e. The number of H-pyrrole nitrogens is 1. The molecule has 0 atom stereocenters. The van der Waals surface area contributed by atoms with E-state index in [0.29, 0.717) is 0 Å². The molecule has 3 nitrogen and oxygen atoms in total. The number of hydrogen-bond acceptors (Lipinski definition) is 2. The van der Waals surface area contributed by atoms with Crippen LogP contribution in [-0.2, 0) is 0 Å². The molecule has 0 bridgehead atoms. The fourth-order valence-corrected chi connectivity index (χ4v) is 1.71. The highest BCUT2D eigenvalue weighted by molar-refractivity contribution is 5.85. The number of aromatic nitrogens is 1. The third-order valence-electron chi connectivity index (χ3n) is 2.41. The van der Waals surface area contributed by atoms with Crippen LogP contribution in [0.2, 0.25) is 0 Å². The Bertz CT molecular complexity index is 593. The maximum absolute atomic E-state index is 9.30. The Morgan fingerprint density at radius 2 is 2.07 bits per heavy atom. The van der Waals surface area contributed by atoms with E-state index in [1.54, 1.807) is 12.3 Å². The summed E-state index contributed by atoms with van der Waals surface area (Å²) in [5, 5.41) is 10.3. The van der Waals surface area contributed by atoms with Crippen molar-refractivity contribution in [2.45, 2.75) is 0 Å². The average Bonchev–Trinajstić information content (AvgIpc) is 2.82. The summed E-state index contributed by atoms with van der Waals surface area (Å²) in [7, 11) is 0. The van der Waals surface area contributed by atoms with Crippen LogP contribution in [0, 0.1) is 0 Å². The number of aromatic hydroxyl groups is 1. The zero-order valence-electron chi connectivity index (χ0n) is 7.90. The highest BCUT2D eigenvalue weighted by Gasteiger charge is 2.03. The number of hydrogen-bond donors (Lipinski definition) is 2. The van der Waals surface area contributed by atoms with Gasteiger partial charge in [0.2, 0.25) is 0 Å². The molecule has 3 rings (SSSR count). The van der Waals surface area contributed by atoms with Crippen molar-refractivity contribution < 1.29 is 9.52 Å². The average molecular weight is 199 g/mol. The summed E-state index contributed by atoms with van der Waals surface area (Å²) in [4.78, 5) is 2.87. The summed E-state index contributed by atoms with van der Waals surface area (Å²) in [5.41, 5.74) is 1.90. The lowest BCUT2D eigenvalue weighted by Gasteiger charge is -1.96. The molecule has 15 heavy (non-hydrogen) atoms. The van der Waals surface area contributed by atoms with E-state index < -0.39 is 0 Å². The van der Waals surface area contributed by atoms with Gasteiger partial charge in [-0.1, -0.05) is 12.1 Å². The van der Waals surface area contributed by atoms with Gasteiger partial charge in [0.05, 0.1) is 6.26 Å². The predicted molar refractivity (Wildman–Crippen MR) is 57.7 cm³/mol. The number of fused-ring (bicyclic) bond motifs is 1. The number of benzene rings is 1. The fraction of sp³-hybridized carbons (Fsp3) is 0. The highest BCUT2D eigenvalue weighted by Crippen LogP contribution is 2.26. The second-order valence-corrected chi connectivity index (χ2v) is 3.43. The molecule has 3 heteroatoms. The molecule has 0 aliphatic carbocycles. The minimum atomic E-state index is 0.182. The van der Waals surface area contributed by atoms with Gasteiger partial charge in [0.15, 0.2) is 5.88 Å². The van der Waals surface area contributed by atoms with Gasteiger partial charge < -0.3 is 14.5 Å². The maximum atomic E-state index is 9.30. The first-order valence-electron chi connectivity index (χ1n) is 4.68. The second kappa shape index (κ2) is 2.92. The van der Waals surface area contributed by atoms with Gasteiger partial charge in [0.1, 0.15) is 5.76 Å². The molecule has 0 fully saturated rings. The molecule has 2 heterocycles. The van der Waals surface area contributed by atoms with Crippen molar-refractivity contribution in [1.29, 1.82) is 0 Å². The van der Waals surface area contributed by atoms with E-state index >= 15 is 0 Å². The lowest BCUT2D eigenvalue weighted by molar-refractivity contribution is 0.458. The lowest BCUT2D eigenvalue weighted by atomic mass is 10.1. The molecule has 0 amide bonds. The van der Waals surface area contributed by atoms with Crippen LogP contribution in [0.5, 0.6) is 5.88 Å². The summed E-state index contributed by atoms with van der Waals surface area (Å²) in [6, 6.07) is 11.3. The SMILES string of the molecule is Oc1cc2ccc(-c3ccco3)cc2[nH]1. The smallest absolute Gasteiger partial charge is 0.189 e. The van der Waals surface area contributed by atoms with Gasteiger partial charge in [-0.3, -0.25) is 0 Å². The van der Waals surface area contributed by atoms with E-state index in [2.05, 4.69) is 4.98 Å². The van der Waals surface area contributed by atoms with E-state index in [9.17, 15) is 5.11 Å². The molecule has 0 spiro atoms.